The molecule has 0 fully saturated rings. The van der Waals surface area contributed by atoms with Crippen molar-refractivity contribution in [2.75, 3.05) is 0 Å². The lowest BCUT2D eigenvalue weighted by atomic mass is 9.97. The molecule has 0 spiro atoms. The zero-order valence-corrected chi connectivity index (χ0v) is 39.1. The maximum absolute atomic E-state index is 5.05. The molecule has 0 aliphatic heterocycles. The molecule has 0 saturated carbocycles. The molecular formula is C67H43N5. The van der Waals surface area contributed by atoms with Crippen molar-refractivity contribution in [3.05, 3.63) is 261 Å². The van der Waals surface area contributed by atoms with E-state index in [-0.39, 0.29) is 0 Å². The lowest BCUT2D eigenvalue weighted by Gasteiger charge is -2.15. The van der Waals surface area contributed by atoms with Gasteiger partial charge >= 0.3 is 0 Å². The molecule has 4 heterocycles. The van der Waals surface area contributed by atoms with Crippen molar-refractivity contribution in [3.8, 4) is 56.1 Å². The van der Waals surface area contributed by atoms with E-state index in [4.69, 9.17) is 5.10 Å². The average Bonchev–Trinajstić information content (AvgIpc) is 4.22. The summed E-state index contributed by atoms with van der Waals surface area (Å²) < 4.78 is 9.35. The van der Waals surface area contributed by atoms with E-state index in [2.05, 4.69) is 273 Å². The van der Waals surface area contributed by atoms with Crippen LogP contribution in [0, 0.1) is 0 Å². The summed E-state index contributed by atoms with van der Waals surface area (Å²) in [7, 11) is 0. The highest BCUT2D eigenvalue weighted by Crippen LogP contribution is 2.44. The lowest BCUT2D eigenvalue weighted by molar-refractivity contribution is 0.911. The van der Waals surface area contributed by atoms with Crippen molar-refractivity contribution >= 4 is 76.3 Å². The number of fused-ring (bicyclic) bond motifs is 11. The van der Waals surface area contributed by atoms with E-state index in [1.54, 1.807) is 0 Å². The fraction of sp³-hybridized carbons (Fsp3) is 0. The van der Waals surface area contributed by atoms with Gasteiger partial charge in [-0.2, -0.15) is 5.10 Å². The van der Waals surface area contributed by atoms with Gasteiger partial charge in [0.1, 0.15) is 0 Å². The summed E-state index contributed by atoms with van der Waals surface area (Å²) in [5.74, 6) is 0. The quantitative estimate of drug-likeness (QED) is 0.157. The fourth-order valence-electron chi connectivity index (χ4n) is 11.6. The van der Waals surface area contributed by atoms with Gasteiger partial charge in [-0.15, -0.1) is 0 Å². The number of hydrogen-bond acceptors (Lipinski definition) is 1. The third-order valence-corrected chi connectivity index (χ3v) is 14.8. The molecule has 0 radical (unpaired) electrons. The van der Waals surface area contributed by atoms with E-state index < -0.39 is 0 Å². The second kappa shape index (κ2) is 15.9. The number of para-hydroxylation sites is 4. The summed E-state index contributed by atoms with van der Waals surface area (Å²) >= 11 is 0. The number of nitrogens with zero attached hydrogens (tertiary/aromatic N) is 5. The van der Waals surface area contributed by atoms with Crippen LogP contribution in [-0.4, -0.2) is 23.5 Å². The maximum atomic E-state index is 5.05. The molecule has 0 aliphatic rings. The Morgan fingerprint density at radius 3 is 1.40 bits per heavy atom. The van der Waals surface area contributed by atoms with Crippen molar-refractivity contribution < 1.29 is 0 Å². The minimum Gasteiger partial charge on any atom is -0.309 e. The summed E-state index contributed by atoms with van der Waals surface area (Å²) in [4.78, 5) is 0. The molecule has 11 aromatic carbocycles. The Labute approximate surface area is 414 Å². The third kappa shape index (κ3) is 6.11. The summed E-state index contributed by atoms with van der Waals surface area (Å²) in [5, 5.41) is 13.5. The van der Waals surface area contributed by atoms with Crippen LogP contribution >= 0.6 is 0 Å². The van der Waals surface area contributed by atoms with Crippen molar-refractivity contribution in [3.63, 3.8) is 0 Å². The first-order valence-electron chi connectivity index (χ1n) is 24.6. The van der Waals surface area contributed by atoms with Crippen LogP contribution in [0.1, 0.15) is 0 Å². The Bertz CT molecular complexity index is 4480. The zero-order valence-electron chi connectivity index (χ0n) is 39.1. The minimum absolute atomic E-state index is 1.03. The van der Waals surface area contributed by atoms with Gasteiger partial charge in [0.25, 0.3) is 0 Å². The molecule has 336 valence electrons. The van der Waals surface area contributed by atoms with Gasteiger partial charge in [-0.1, -0.05) is 152 Å². The van der Waals surface area contributed by atoms with Crippen LogP contribution in [0.25, 0.3) is 132 Å². The molecule has 72 heavy (non-hydrogen) atoms. The van der Waals surface area contributed by atoms with Crippen LogP contribution in [0.5, 0.6) is 0 Å². The molecule has 5 nitrogen and oxygen atoms in total. The Kier molecular flexibility index (Phi) is 8.89. The number of rotatable bonds is 7. The first-order chi connectivity index (χ1) is 35.7. The molecule has 15 aromatic rings. The molecule has 0 N–H and O–H groups in total. The Balaban J connectivity index is 0.940. The van der Waals surface area contributed by atoms with Gasteiger partial charge in [0.05, 0.1) is 50.5 Å². The predicted molar refractivity (Wildman–Crippen MR) is 300 cm³/mol. The average molecular weight is 918 g/mol. The van der Waals surface area contributed by atoms with E-state index >= 15 is 0 Å². The zero-order chi connectivity index (χ0) is 47.3. The van der Waals surface area contributed by atoms with Gasteiger partial charge in [0.15, 0.2) is 0 Å². The van der Waals surface area contributed by atoms with Crippen LogP contribution in [-0.2, 0) is 0 Å². The van der Waals surface area contributed by atoms with Crippen LogP contribution in [0.4, 0.5) is 0 Å². The van der Waals surface area contributed by atoms with Gasteiger partial charge in [-0.25, -0.2) is 4.68 Å². The van der Waals surface area contributed by atoms with Gasteiger partial charge in [0, 0.05) is 54.8 Å². The Morgan fingerprint density at radius 2 is 0.764 bits per heavy atom. The van der Waals surface area contributed by atoms with Gasteiger partial charge < -0.3 is 13.7 Å². The lowest BCUT2D eigenvalue weighted by Crippen LogP contribution is -1.97. The molecule has 5 heteroatoms. The number of aromatic nitrogens is 5. The second-order valence-electron chi connectivity index (χ2n) is 18.8. The fourth-order valence-corrected chi connectivity index (χ4v) is 11.6. The van der Waals surface area contributed by atoms with Gasteiger partial charge in [0.2, 0.25) is 0 Å². The van der Waals surface area contributed by atoms with Crippen LogP contribution < -0.4 is 0 Å². The molecule has 0 saturated heterocycles. The maximum Gasteiger partial charge on any atom is 0.0762 e. The summed E-state index contributed by atoms with van der Waals surface area (Å²) in [6.45, 7) is 0. The first kappa shape index (κ1) is 40.2. The van der Waals surface area contributed by atoms with Crippen LogP contribution in [0.2, 0.25) is 0 Å². The summed E-state index contributed by atoms with van der Waals surface area (Å²) in [6.07, 6.45) is 2.05. The highest BCUT2D eigenvalue weighted by Gasteiger charge is 2.22. The second-order valence-corrected chi connectivity index (χ2v) is 18.8. The first-order valence-corrected chi connectivity index (χ1v) is 24.6. The van der Waals surface area contributed by atoms with E-state index in [1.165, 1.54) is 76.6 Å². The van der Waals surface area contributed by atoms with E-state index in [0.717, 1.165) is 55.8 Å². The van der Waals surface area contributed by atoms with E-state index in [1.807, 2.05) is 6.20 Å². The van der Waals surface area contributed by atoms with Crippen molar-refractivity contribution in [1.29, 1.82) is 0 Å². The molecular weight excluding hydrogens is 875 g/mol. The molecule has 0 atom stereocenters. The van der Waals surface area contributed by atoms with E-state index in [9.17, 15) is 0 Å². The number of benzene rings is 11. The van der Waals surface area contributed by atoms with Crippen molar-refractivity contribution in [1.82, 2.24) is 23.5 Å². The molecule has 0 amide bonds. The van der Waals surface area contributed by atoms with Crippen LogP contribution in [0.3, 0.4) is 0 Å². The van der Waals surface area contributed by atoms with Gasteiger partial charge in [-0.3, -0.25) is 0 Å². The normalized spacial score (nSPS) is 11.9. The Morgan fingerprint density at radius 1 is 0.250 bits per heavy atom. The Hall–Kier alpha value is -9.71. The molecule has 4 aromatic heterocycles. The molecule has 0 aliphatic carbocycles. The topological polar surface area (TPSA) is 32.6 Å². The highest BCUT2D eigenvalue weighted by molar-refractivity contribution is 6.21. The molecule has 0 bridgehead atoms. The smallest absolute Gasteiger partial charge is 0.0762 e. The standard InChI is InChI=1S/C67H43N5/c1-4-17-44(18-5-1)47-39-48(45-19-6-2-7-20-45)41-52(40-47)71-63-37-31-46(42-58(63)56-36-38-64-59(67(56)71)43-68-72(64)51-21-8-3-9-22-51)53-26-16-30-65-66(53)57-25-12-15-29-62(57)70(65)50-34-32-49(33-35-50)69-60-27-13-10-23-54(60)55-24-11-14-28-61(55)69/h1-43H. The van der Waals surface area contributed by atoms with Crippen molar-refractivity contribution in [2.45, 2.75) is 0 Å². The molecule has 0 unspecified atom stereocenters. The minimum atomic E-state index is 1.03. The van der Waals surface area contributed by atoms with Crippen molar-refractivity contribution in [2.24, 2.45) is 0 Å². The number of hydrogen-bond donors (Lipinski definition) is 0. The monoisotopic (exact) mass is 917 g/mol. The third-order valence-electron chi connectivity index (χ3n) is 14.8. The predicted octanol–water partition coefficient (Wildman–Crippen LogP) is 17.3. The van der Waals surface area contributed by atoms with E-state index in [0.29, 0.717) is 0 Å². The van der Waals surface area contributed by atoms with Gasteiger partial charge in [-0.05, 0) is 137 Å². The SMILES string of the molecule is c1ccc(-c2cc(-c3ccccc3)cc(-n3c4ccc(-c5cccc6c5c5ccccc5n6-c5ccc(-n6c7ccccc7c7ccccc76)cc5)cc4c4ccc5c(cnn5-c5ccccc5)c43)c2)cc1. The summed E-state index contributed by atoms with van der Waals surface area (Å²) in [5.41, 5.74) is 19.5. The molecule has 15 rings (SSSR count). The largest absolute Gasteiger partial charge is 0.309 e. The highest BCUT2D eigenvalue weighted by atomic mass is 15.3. The summed E-state index contributed by atoms with van der Waals surface area (Å²) in [6, 6.07) is 92.6. The van der Waals surface area contributed by atoms with Crippen LogP contribution in [0.15, 0.2) is 261 Å².